The summed E-state index contributed by atoms with van der Waals surface area (Å²) in [4.78, 5) is 30.8. The molecule has 2 saturated heterocycles. The molecule has 4 aliphatic carbocycles. The van der Waals surface area contributed by atoms with Gasteiger partial charge in [-0.25, -0.2) is 9.31 Å². The van der Waals surface area contributed by atoms with Crippen LogP contribution in [-0.4, -0.2) is 70.6 Å². The van der Waals surface area contributed by atoms with Crippen LogP contribution in [-0.2, 0) is 11.3 Å². The Morgan fingerprint density at radius 2 is 1.63 bits per heavy atom. The van der Waals surface area contributed by atoms with E-state index >= 15 is 0 Å². The van der Waals surface area contributed by atoms with Gasteiger partial charge in [0, 0.05) is 58.4 Å². The second-order valence-corrected chi connectivity index (χ2v) is 12.1. The number of hydrogen-bond donors (Lipinski definition) is 1. The third kappa shape index (κ3) is 4.04. The molecule has 8 rings (SSSR count). The summed E-state index contributed by atoms with van der Waals surface area (Å²) in [6.07, 6.45) is 13.1. The number of anilines is 1. The van der Waals surface area contributed by atoms with Crippen LogP contribution in [0, 0.1) is 23.2 Å². The summed E-state index contributed by atoms with van der Waals surface area (Å²) < 4.78 is 1.81. The molecule has 8 nitrogen and oxygen atoms in total. The number of urea groups is 1. The zero-order valence-corrected chi connectivity index (χ0v) is 20.5. The molecule has 0 radical (unpaired) electrons. The summed E-state index contributed by atoms with van der Waals surface area (Å²) in [5.74, 6) is 2.87. The molecule has 35 heavy (non-hydrogen) atoms. The zero-order chi connectivity index (χ0) is 23.6. The molecule has 6 aliphatic rings. The first-order valence-corrected chi connectivity index (χ1v) is 13.5. The lowest BCUT2D eigenvalue weighted by Gasteiger charge is -2.58. The van der Waals surface area contributed by atoms with Gasteiger partial charge in [-0.3, -0.25) is 19.9 Å². The van der Waals surface area contributed by atoms with Gasteiger partial charge in [0.15, 0.2) is 0 Å². The Labute approximate surface area is 206 Å². The molecule has 0 unspecified atom stereocenters. The number of nitrogens with one attached hydrogen (secondary N) is 1. The van der Waals surface area contributed by atoms with E-state index in [-0.39, 0.29) is 11.9 Å². The van der Waals surface area contributed by atoms with Crippen LogP contribution >= 0.6 is 0 Å². The molecular formula is C27H36N6O2. The number of nitrogens with zero attached hydrogens (tertiary/aromatic N) is 5. The third-order valence-electron chi connectivity index (χ3n) is 9.51. The molecule has 3 amide bonds. The Kier molecular flexibility index (Phi) is 5.17. The molecule has 4 bridgehead atoms. The van der Waals surface area contributed by atoms with Crippen molar-refractivity contribution in [1.82, 2.24) is 24.7 Å². The average molecular weight is 477 g/mol. The predicted octanol–water partition coefficient (Wildman–Crippen LogP) is 3.11. The molecular weight excluding hydrogens is 440 g/mol. The number of imide groups is 1. The number of carbonyl (C=O) groups excluding carboxylic acids is 2. The first-order valence-electron chi connectivity index (χ1n) is 13.5. The Morgan fingerprint density at radius 3 is 2.31 bits per heavy atom. The summed E-state index contributed by atoms with van der Waals surface area (Å²) in [7, 11) is 0. The number of carbonyl (C=O) groups is 2. The maximum atomic E-state index is 12.4. The second-order valence-electron chi connectivity index (χ2n) is 12.1. The van der Waals surface area contributed by atoms with Gasteiger partial charge in [0.2, 0.25) is 5.91 Å². The lowest BCUT2D eigenvalue weighted by Crippen LogP contribution is -2.54. The van der Waals surface area contributed by atoms with Crippen LogP contribution in [0.25, 0.3) is 5.52 Å². The van der Waals surface area contributed by atoms with Crippen LogP contribution in [0.15, 0.2) is 24.5 Å². The van der Waals surface area contributed by atoms with E-state index in [0.717, 1.165) is 48.6 Å². The van der Waals surface area contributed by atoms with Crippen LogP contribution in [0.2, 0.25) is 0 Å². The largest absolute Gasteiger partial charge is 0.328 e. The van der Waals surface area contributed by atoms with Gasteiger partial charge in [-0.05, 0) is 79.4 Å². The number of amides is 3. The van der Waals surface area contributed by atoms with E-state index in [9.17, 15) is 9.59 Å². The number of rotatable bonds is 5. The van der Waals surface area contributed by atoms with Crippen LogP contribution < -0.4 is 10.2 Å². The highest BCUT2D eigenvalue weighted by Gasteiger charge is 2.51. The topological polar surface area (TPSA) is 73.2 Å². The smallest absolute Gasteiger partial charge is 0.300 e. The molecule has 2 aliphatic heterocycles. The fourth-order valence-corrected chi connectivity index (χ4v) is 8.43. The number of pyridine rings is 1. The Morgan fingerprint density at radius 1 is 0.943 bits per heavy atom. The highest BCUT2D eigenvalue weighted by molar-refractivity contribution is 6.07. The van der Waals surface area contributed by atoms with E-state index in [1.807, 2.05) is 10.7 Å². The Hall–Kier alpha value is -2.45. The van der Waals surface area contributed by atoms with Crippen LogP contribution in [0.4, 0.5) is 10.5 Å². The summed E-state index contributed by atoms with van der Waals surface area (Å²) in [5.41, 5.74) is 3.54. The number of piperazine rings is 1. The molecule has 186 valence electrons. The van der Waals surface area contributed by atoms with E-state index in [0.29, 0.717) is 18.4 Å². The molecule has 2 aromatic rings. The first-order chi connectivity index (χ1) is 17.0. The summed E-state index contributed by atoms with van der Waals surface area (Å²) >= 11 is 0. The van der Waals surface area contributed by atoms with Crippen molar-refractivity contribution < 1.29 is 9.59 Å². The van der Waals surface area contributed by atoms with E-state index in [1.165, 1.54) is 63.7 Å². The van der Waals surface area contributed by atoms with Crippen molar-refractivity contribution in [3.63, 3.8) is 0 Å². The van der Waals surface area contributed by atoms with E-state index in [4.69, 9.17) is 0 Å². The second kappa shape index (κ2) is 8.30. The van der Waals surface area contributed by atoms with Crippen molar-refractivity contribution in [2.45, 2.75) is 51.5 Å². The van der Waals surface area contributed by atoms with Crippen molar-refractivity contribution >= 4 is 23.1 Å². The minimum absolute atomic E-state index is 0.217. The maximum absolute atomic E-state index is 12.4. The monoisotopic (exact) mass is 476 g/mol. The van der Waals surface area contributed by atoms with Gasteiger partial charge in [-0.15, -0.1) is 0 Å². The van der Waals surface area contributed by atoms with Crippen molar-refractivity contribution in [2.24, 2.45) is 23.2 Å². The van der Waals surface area contributed by atoms with Crippen molar-refractivity contribution in [3.05, 3.63) is 30.1 Å². The van der Waals surface area contributed by atoms with Gasteiger partial charge in [-0.1, -0.05) is 0 Å². The van der Waals surface area contributed by atoms with Gasteiger partial charge in [0.1, 0.15) is 0 Å². The minimum atomic E-state index is -0.364. The van der Waals surface area contributed by atoms with Crippen molar-refractivity contribution in [2.75, 3.05) is 44.2 Å². The van der Waals surface area contributed by atoms with Crippen LogP contribution in [0.5, 0.6) is 0 Å². The predicted molar refractivity (Wildman–Crippen MR) is 133 cm³/mol. The first kappa shape index (κ1) is 21.8. The van der Waals surface area contributed by atoms with E-state index < -0.39 is 0 Å². The molecule has 8 heteroatoms. The zero-order valence-electron chi connectivity index (χ0n) is 20.5. The molecule has 4 saturated carbocycles. The number of aromatic nitrogens is 2. The molecule has 0 spiro atoms. The summed E-state index contributed by atoms with van der Waals surface area (Å²) in [6, 6.07) is 3.91. The van der Waals surface area contributed by atoms with E-state index in [1.54, 1.807) is 11.1 Å². The fourth-order valence-electron chi connectivity index (χ4n) is 8.43. The summed E-state index contributed by atoms with van der Waals surface area (Å²) in [5, 5.41) is 6.84. The normalized spacial score (nSPS) is 33.6. The van der Waals surface area contributed by atoms with Gasteiger partial charge in [0.25, 0.3) is 0 Å². The molecule has 4 heterocycles. The molecule has 0 aromatic carbocycles. The lowest BCUT2D eigenvalue weighted by atomic mass is 9.49. The highest BCUT2D eigenvalue weighted by Crippen LogP contribution is 2.60. The molecule has 2 aromatic heterocycles. The average Bonchev–Trinajstić information content (AvgIpc) is 3.22. The highest BCUT2D eigenvalue weighted by atomic mass is 16.2. The van der Waals surface area contributed by atoms with Crippen molar-refractivity contribution in [1.29, 1.82) is 0 Å². The standard InChI is InChI=1S/C27H36N6O2/c34-25-2-3-32(26(35)29-25)24-16-28-33-4-1-19(12-23(24)33)17-30-5-7-31(8-6-30)18-27-13-20-9-21(14-27)11-22(10-20)15-27/h1,4,12,16,20-22H,2-3,5-11,13-15,17-18H2,(H,29,34,35). The number of fused-ring (bicyclic) bond motifs is 1. The van der Waals surface area contributed by atoms with Gasteiger partial charge >= 0.3 is 6.03 Å². The molecule has 1 N–H and O–H groups in total. The minimum Gasteiger partial charge on any atom is -0.300 e. The Balaban J connectivity index is 0.991. The number of hydrogen-bond acceptors (Lipinski definition) is 5. The maximum Gasteiger partial charge on any atom is 0.328 e. The van der Waals surface area contributed by atoms with Crippen LogP contribution in [0.3, 0.4) is 0 Å². The van der Waals surface area contributed by atoms with Crippen LogP contribution in [0.1, 0.15) is 50.5 Å². The Bertz CT molecular complexity index is 1110. The molecule has 0 atom stereocenters. The van der Waals surface area contributed by atoms with Gasteiger partial charge in [-0.2, -0.15) is 5.10 Å². The fraction of sp³-hybridized carbons (Fsp3) is 0.667. The molecule has 6 fully saturated rings. The SMILES string of the molecule is O=C1CCN(c2cnn3ccc(CN4CCN(CC56CC7CC(CC(C7)C5)C6)CC4)cc23)C(=O)N1. The van der Waals surface area contributed by atoms with Crippen molar-refractivity contribution in [3.8, 4) is 0 Å². The van der Waals surface area contributed by atoms with Gasteiger partial charge in [0.05, 0.1) is 17.4 Å². The van der Waals surface area contributed by atoms with E-state index in [2.05, 4.69) is 32.3 Å². The van der Waals surface area contributed by atoms with Gasteiger partial charge < -0.3 is 4.90 Å². The third-order valence-corrected chi connectivity index (χ3v) is 9.51. The quantitative estimate of drug-likeness (QED) is 0.718. The summed E-state index contributed by atoms with van der Waals surface area (Å²) in [6.45, 7) is 7.20. The lowest BCUT2D eigenvalue weighted by molar-refractivity contribution is -0.120.